The Hall–Kier alpha value is -0.820. The summed E-state index contributed by atoms with van der Waals surface area (Å²) in [6, 6.07) is 0. The Labute approximate surface area is 76.8 Å². The van der Waals surface area contributed by atoms with E-state index in [4.69, 9.17) is 5.11 Å². The fraction of sp³-hybridized carbons (Fsp3) is 0.400. The van der Waals surface area contributed by atoms with Crippen LogP contribution in [-0.2, 0) is 4.74 Å². The molecule has 0 aromatic carbocycles. The van der Waals surface area contributed by atoms with Gasteiger partial charge in [-0.3, -0.25) is 0 Å². The van der Waals surface area contributed by atoms with Crippen molar-refractivity contribution in [1.82, 2.24) is 10.2 Å². The fourth-order valence-corrected chi connectivity index (χ4v) is 1.98. The summed E-state index contributed by atoms with van der Waals surface area (Å²) in [5.41, 5.74) is 0. The van der Waals surface area contributed by atoms with Crippen LogP contribution in [0, 0.1) is 6.92 Å². The SMILES string of the molecule is Cc1nnc(SCOC(=O)O)s1. The minimum atomic E-state index is -1.27. The van der Waals surface area contributed by atoms with E-state index in [-0.39, 0.29) is 5.94 Å². The molecule has 1 rings (SSSR count). The number of hydrogen-bond donors (Lipinski definition) is 1. The zero-order valence-electron chi connectivity index (χ0n) is 6.18. The lowest BCUT2D eigenvalue weighted by atomic mass is 10.9. The predicted octanol–water partition coefficient (Wildman–Crippen LogP) is 1.59. The van der Waals surface area contributed by atoms with Gasteiger partial charge in [-0.25, -0.2) is 4.79 Å². The molecule has 0 atom stereocenters. The normalized spacial score (nSPS) is 9.75. The summed E-state index contributed by atoms with van der Waals surface area (Å²) in [4.78, 5) is 9.93. The molecule has 1 N–H and O–H groups in total. The van der Waals surface area contributed by atoms with Gasteiger partial charge < -0.3 is 9.84 Å². The summed E-state index contributed by atoms with van der Waals surface area (Å²) in [6.07, 6.45) is -1.27. The molecule has 0 unspecified atom stereocenters. The molecule has 0 bridgehead atoms. The minimum absolute atomic E-state index is 0.0595. The van der Waals surface area contributed by atoms with Crippen LogP contribution in [0.25, 0.3) is 0 Å². The maximum Gasteiger partial charge on any atom is 0.506 e. The Bertz CT molecular complexity index is 275. The number of hydrogen-bond acceptors (Lipinski definition) is 6. The first-order valence-corrected chi connectivity index (χ1v) is 4.77. The molecule has 66 valence electrons. The van der Waals surface area contributed by atoms with Crippen LogP contribution in [0.1, 0.15) is 5.01 Å². The highest BCUT2D eigenvalue weighted by Gasteiger charge is 2.02. The molecule has 0 amide bonds. The first-order chi connectivity index (χ1) is 5.68. The zero-order valence-corrected chi connectivity index (χ0v) is 7.81. The highest BCUT2D eigenvalue weighted by atomic mass is 32.2. The van der Waals surface area contributed by atoms with Gasteiger partial charge >= 0.3 is 6.16 Å². The third kappa shape index (κ3) is 3.05. The van der Waals surface area contributed by atoms with Gasteiger partial charge in [0.15, 0.2) is 4.34 Å². The van der Waals surface area contributed by atoms with Crippen molar-refractivity contribution < 1.29 is 14.6 Å². The molecule has 0 aliphatic carbocycles. The molecule has 0 aliphatic rings. The van der Waals surface area contributed by atoms with Gasteiger partial charge in [0.25, 0.3) is 0 Å². The molecular weight excluding hydrogens is 200 g/mol. The summed E-state index contributed by atoms with van der Waals surface area (Å²) in [5, 5.41) is 16.5. The van der Waals surface area contributed by atoms with Crippen LogP contribution in [0.2, 0.25) is 0 Å². The van der Waals surface area contributed by atoms with Crippen molar-refractivity contribution in [2.45, 2.75) is 11.3 Å². The van der Waals surface area contributed by atoms with Crippen molar-refractivity contribution in [3.8, 4) is 0 Å². The third-order valence-corrected chi connectivity index (χ3v) is 2.67. The number of rotatable bonds is 3. The number of aromatic nitrogens is 2. The van der Waals surface area contributed by atoms with Gasteiger partial charge in [0.2, 0.25) is 0 Å². The van der Waals surface area contributed by atoms with E-state index in [0.29, 0.717) is 4.34 Å². The highest BCUT2D eigenvalue weighted by Crippen LogP contribution is 2.21. The lowest BCUT2D eigenvalue weighted by Crippen LogP contribution is -1.98. The van der Waals surface area contributed by atoms with E-state index in [2.05, 4.69) is 14.9 Å². The van der Waals surface area contributed by atoms with Crippen molar-refractivity contribution in [3.63, 3.8) is 0 Å². The average Bonchev–Trinajstić information content (AvgIpc) is 2.35. The molecule has 7 heteroatoms. The Balaban J connectivity index is 2.29. The highest BCUT2D eigenvalue weighted by molar-refractivity contribution is 8.00. The van der Waals surface area contributed by atoms with Crippen LogP contribution in [0.5, 0.6) is 0 Å². The van der Waals surface area contributed by atoms with E-state index in [1.807, 2.05) is 6.92 Å². The van der Waals surface area contributed by atoms with E-state index in [9.17, 15) is 4.79 Å². The third-order valence-electron chi connectivity index (χ3n) is 0.872. The molecule has 1 heterocycles. The van der Waals surface area contributed by atoms with E-state index < -0.39 is 6.16 Å². The minimum Gasteiger partial charge on any atom is -0.450 e. The van der Waals surface area contributed by atoms with Crippen molar-refractivity contribution >= 4 is 29.3 Å². The Kier molecular flexibility index (Phi) is 3.30. The van der Waals surface area contributed by atoms with Gasteiger partial charge in [-0.2, -0.15) is 0 Å². The second-order valence-electron chi connectivity index (χ2n) is 1.76. The standard InChI is InChI=1S/C5H6N2O3S2/c1-3-6-7-4(12-3)11-2-10-5(8)9/h2H2,1H3,(H,8,9). The van der Waals surface area contributed by atoms with Gasteiger partial charge in [0, 0.05) is 0 Å². The van der Waals surface area contributed by atoms with Crippen molar-refractivity contribution in [2.75, 3.05) is 5.94 Å². The molecule has 0 aliphatic heterocycles. The van der Waals surface area contributed by atoms with Crippen LogP contribution in [0.3, 0.4) is 0 Å². The molecule has 1 aromatic heterocycles. The molecule has 0 saturated heterocycles. The molecule has 1 aromatic rings. The lowest BCUT2D eigenvalue weighted by molar-refractivity contribution is 0.109. The van der Waals surface area contributed by atoms with Crippen LogP contribution < -0.4 is 0 Å². The number of aryl methyl sites for hydroxylation is 1. The summed E-state index contributed by atoms with van der Waals surface area (Å²) < 4.78 is 4.99. The van der Waals surface area contributed by atoms with E-state index in [0.717, 1.165) is 5.01 Å². The fourth-order valence-electron chi connectivity index (χ4n) is 0.467. The molecule has 12 heavy (non-hydrogen) atoms. The Morgan fingerprint density at radius 2 is 2.50 bits per heavy atom. The van der Waals surface area contributed by atoms with Gasteiger partial charge in [-0.15, -0.1) is 10.2 Å². The van der Waals surface area contributed by atoms with Gasteiger partial charge in [-0.05, 0) is 6.92 Å². The number of thioether (sulfide) groups is 1. The van der Waals surface area contributed by atoms with Gasteiger partial charge in [0.05, 0.1) is 0 Å². The maximum absolute atomic E-state index is 9.93. The van der Waals surface area contributed by atoms with Crippen molar-refractivity contribution in [2.24, 2.45) is 0 Å². The monoisotopic (exact) mass is 206 g/mol. The van der Waals surface area contributed by atoms with Crippen LogP contribution in [-0.4, -0.2) is 27.4 Å². The topological polar surface area (TPSA) is 72.3 Å². The van der Waals surface area contributed by atoms with Crippen LogP contribution >= 0.6 is 23.1 Å². The number of carbonyl (C=O) groups is 1. The number of nitrogens with zero attached hydrogens (tertiary/aromatic N) is 2. The Morgan fingerprint density at radius 3 is 3.00 bits per heavy atom. The molecule has 0 radical (unpaired) electrons. The first kappa shape index (κ1) is 9.27. The maximum atomic E-state index is 9.93. The molecular formula is C5H6N2O3S2. The second-order valence-corrected chi connectivity index (χ2v) is 4.11. The molecule has 5 nitrogen and oxygen atoms in total. The average molecular weight is 206 g/mol. The first-order valence-electron chi connectivity index (χ1n) is 2.97. The predicted molar refractivity (Wildman–Crippen MR) is 44.5 cm³/mol. The summed E-state index contributed by atoms with van der Waals surface area (Å²) in [5.74, 6) is 0.0595. The van der Waals surface area contributed by atoms with Crippen molar-refractivity contribution in [1.29, 1.82) is 0 Å². The van der Waals surface area contributed by atoms with Crippen molar-refractivity contribution in [3.05, 3.63) is 5.01 Å². The summed E-state index contributed by atoms with van der Waals surface area (Å²) >= 11 is 2.62. The number of ether oxygens (including phenoxy) is 1. The summed E-state index contributed by atoms with van der Waals surface area (Å²) in [7, 11) is 0. The smallest absolute Gasteiger partial charge is 0.450 e. The van der Waals surface area contributed by atoms with Crippen LogP contribution in [0.4, 0.5) is 4.79 Å². The Morgan fingerprint density at radius 1 is 1.75 bits per heavy atom. The lowest BCUT2D eigenvalue weighted by Gasteiger charge is -1.94. The van der Waals surface area contributed by atoms with Crippen LogP contribution in [0.15, 0.2) is 4.34 Å². The number of carboxylic acid groups (broad SMARTS) is 1. The van der Waals surface area contributed by atoms with Gasteiger partial charge in [-0.1, -0.05) is 23.1 Å². The second kappa shape index (κ2) is 4.27. The van der Waals surface area contributed by atoms with Gasteiger partial charge in [0.1, 0.15) is 10.9 Å². The van der Waals surface area contributed by atoms with E-state index in [1.165, 1.54) is 23.1 Å². The van der Waals surface area contributed by atoms with E-state index in [1.54, 1.807) is 0 Å². The molecule has 0 fully saturated rings. The molecule has 0 saturated carbocycles. The molecule has 0 spiro atoms. The zero-order chi connectivity index (χ0) is 8.97. The van der Waals surface area contributed by atoms with E-state index >= 15 is 0 Å². The quantitative estimate of drug-likeness (QED) is 0.460. The largest absolute Gasteiger partial charge is 0.506 e. The summed E-state index contributed by atoms with van der Waals surface area (Å²) in [6.45, 7) is 1.83.